The number of alkyl halides is 2. The number of benzene rings is 2. The maximum absolute atomic E-state index is 9.07. The molecule has 0 saturated carbocycles. The van der Waals surface area contributed by atoms with Crippen LogP contribution in [0.25, 0.3) is 0 Å². The largest absolute Gasteiger partial charge is 0.192 e. The Labute approximate surface area is 157 Å². The van der Waals surface area contributed by atoms with Gasteiger partial charge in [-0.3, -0.25) is 0 Å². The minimum absolute atomic E-state index is 0.706. The Kier molecular flexibility index (Phi) is 7.30. The van der Waals surface area contributed by atoms with Gasteiger partial charge in [-0.25, -0.2) is 0 Å². The van der Waals surface area contributed by atoms with Gasteiger partial charge in [-0.05, 0) is 60.4 Å². The van der Waals surface area contributed by atoms with Crippen LogP contribution >= 0.6 is 55.2 Å². The zero-order valence-corrected chi connectivity index (χ0v) is 16.5. The molecule has 0 saturated heterocycles. The summed E-state index contributed by atoms with van der Waals surface area (Å²) >= 11 is 14.8. The van der Waals surface area contributed by atoms with Gasteiger partial charge in [0.2, 0.25) is 0 Å². The molecule has 0 aliphatic carbocycles. The molecule has 22 heavy (non-hydrogen) atoms. The lowest BCUT2D eigenvalue weighted by Gasteiger charge is -2.12. The average molecular weight is 460 g/mol. The fraction of sp³-hybridized carbons (Fsp3) is 0.235. The van der Waals surface area contributed by atoms with Crippen molar-refractivity contribution in [3.05, 3.63) is 58.1 Å². The number of hydrogen-bond acceptors (Lipinski definition) is 2. The molecule has 0 spiro atoms. The van der Waals surface area contributed by atoms with Gasteiger partial charge in [-0.15, -0.1) is 0 Å². The van der Waals surface area contributed by atoms with E-state index in [2.05, 4.69) is 44.0 Å². The van der Waals surface area contributed by atoms with Crippen LogP contribution in [0, 0.1) is 11.3 Å². The Bertz CT molecular complexity index is 698. The maximum atomic E-state index is 9.07. The van der Waals surface area contributed by atoms with Crippen molar-refractivity contribution in [2.24, 2.45) is 0 Å². The highest BCUT2D eigenvalue weighted by atomic mass is 79.9. The molecule has 0 heterocycles. The van der Waals surface area contributed by atoms with Crippen LogP contribution in [0.2, 0.25) is 5.02 Å². The molecule has 2 aromatic rings. The van der Waals surface area contributed by atoms with E-state index in [1.807, 2.05) is 30.3 Å². The second-order valence-electron chi connectivity index (χ2n) is 4.67. The number of rotatable bonds is 6. The third kappa shape index (κ3) is 4.76. The van der Waals surface area contributed by atoms with Crippen LogP contribution in [0.1, 0.15) is 16.7 Å². The molecule has 0 N–H and O–H groups in total. The summed E-state index contributed by atoms with van der Waals surface area (Å²) in [5, 5.41) is 11.6. The number of hydrogen-bond donors (Lipinski definition) is 0. The van der Waals surface area contributed by atoms with Gasteiger partial charge >= 0.3 is 0 Å². The van der Waals surface area contributed by atoms with E-state index in [0.717, 1.165) is 28.5 Å². The summed E-state index contributed by atoms with van der Waals surface area (Å²) in [7, 11) is 0. The van der Waals surface area contributed by atoms with E-state index in [1.54, 1.807) is 11.8 Å². The van der Waals surface area contributed by atoms with Gasteiger partial charge in [0.05, 0.1) is 11.6 Å². The first-order chi connectivity index (χ1) is 10.7. The van der Waals surface area contributed by atoms with E-state index in [4.69, 9.17) is 16.9 Å². The third-order valence-corrected chi connectivity index (χ3v) is 5.42. The predicted octanol–water partition coefficient (Wildman–Crippen LogP) is 6.24. The van der Waals surface area contributed by atoms with E-state index >= 15 is 0 Å². The van der Waals surface area contributed by atoms with Gasteiger partial charge in [0.1, 0.15) is 0 Å². The molecular formula is C17H14Br2ClNS. The van der Waals surface area contributed by atoms with E-state index in [-0.39, 0.29) is 0 Å². The van der Waals surface area contributed by atoms with Gasteiger partial charge in [0.25, 0.3) is 0 Å². The van der Waals surface area contributed by atoms with Crippen molar-refractivity contribution in [2.45, 2.75) is 22.6 Å². The Morgan fingerprint density at radius 2 is 1.55 bits per heavy atom. The molecule has 114 valence electrons. The van der Waals surface area contributed by atoms with Crippen LogP contribution in [-0.2, 0) is 12.8 Å². The van der Waals surface area contributed by atoms with Gasteiger partial charge in [-0.2, -0.15) is 5.26 Å². The molecule has 5 heteroatoms. The van der Waals surface area contributed by atoms with E-state index in [1.165, 1.54) is 20.9 Å². The Morgan fingerprint density at radius 3 is 2.14 bits per heavy atom. The third-order valence-electron chi connectivity index (χ3n) is 3.16. The van der Waals surface area contributed by atoms with Gasteiger partial charge in [0.15, 0.2) is 0 Å². The maximum Gasteiger partial charge on any atom is 0.0991 e. The molecule has 2 rings (SSSR count). The highest BCUT2D eigenvalue weighted by Gasteiger charge is 2.09. The molecule has 0 aromatic heterocycles. The molecule has 0 atom stereocenters. The Hall–Kier alpha value is -0.470. The summed E-state index contributed by atoms with van der Waals surface area (Å²) in [5.74, 6) is 0. The first-order valence-electron chi connectivity index (χ1n) is 6.79. The Balaban J connectivity index is 2.36. The average Bonchev–Trinajstić information content (AvgIpc) is 2.52. The van der Waals surface area contributed by atoms with Gasteiger partial charge < -0.3 is 0 Å². The summed E-state index contributed by atoms with van der Waals surface area (Å²) in [6.07, 6.45) is 1.84. The fourth-order valence-corrected chi connectivity index (χ4v) is 4.25. The van der Waals surface area contributed by atoms with Gasteiger partial charge in [-0.1, -0.05) is 55.2 Å². The van der Waals surface area contributed by atoms with Crippen molar-refractivity contribution in [3.8, 4) is 6.07 Å². The lowest BCUT2D eigenvalue weighted by Crippen LogP contribution is -1.94. The minimum Gasteiger partial charge on any atom is -0.192 e. The van der Waals surface area contributed by atoms with Crippen molar-refractivity contribution in [3.63, 3.8) is 0 Å². The normalized spacial score (nSPS) is 10.5. The minimum atomic E-state index is 0.706. The van der Waals surface area contributed by atoms with Crippen LogP contribution in [0.15, 0.2) is 46.2 Å². The molecule has 2 aromatic carbocycles. The predicted molar refractivity (Wildman–Crippen MR) is 102 cm³/mol. The number of aryl methyl sites for hydroxylation is 2. The van der Waals surface area contributed by atoms with Crippen molar-refractivity contribution in [1.29, 1.82) is 5.26 Å². The van der Waals surface area contributed by atoms with Crippen molar-refractivity contribution in [1.82, 2.24) is 0 Å². The topological polar surface area (TPSA) is 23.8 Å². The summed E-state index contributed by atoms with van der Waals surface area (Å²) in [6.45, 7) is 0. The van der Waals surface area contributed by atoms with Crippen molar-refractivity contribution >= 4 is 55.2 Å². The molecule has 1 nitrogen and oxygen atoms in total. The van der Waals surface area contributed by atoms with Gasteiger partial charge in [0, 0.05) is 25.5 Å². The fourth-order valence-electron chi connectivity index (χ4n) is 2.11. The van der Waals surface area contributed by atoms with Crippen LogP contribution in [-0.4, -0.2) is 10.7 Å². The van der Waals surface area contributed by atoms with E-state index < -0.39 is 0 Å². The summed E-state index contributed by atoms with van der Waals surface area (Å²) in [5.41, 5.74) is 3.14. The van der Waals surface area contributed by atoms with Crippen LogP contribution in [0.3, 0.4) is 0 Å². The van der Waals surface area contributed by atoms with E-state index in [0.29, 0.717) is 5.56 Å². The zero-order valence-electron chi connectivity index (χ0n) is 11.8. The smallest absolute Gasteiger partial charge is 0.0991 e. The molecule has 0 amide bonds. The Morgan fingerprint density at radius 1 is 0.955 bits per heavy atom. The van der Waals surface area contributed by atoms with Crippen molar-refractivity contribution in [2.75, 3.05) is 10.7 Å². The lowest BCUT2D eigenvalue weighted by atomic mass is 10.1. The highest BCUT2D eigenvalue weighted by molar-refractivity contribution is 9.09. The first-order valence-corrected chi connectivity index (χ1v) is 10.2. The molecule has 0 aliphatic rings. The standard InChI is InChI=1S/C17H14Br2ClNS/c18-7-5-13-9-12(11-21)1-3-16(13)22-17-4-2-15(20)10-14(17)6-8-19/h1-4,9-10H,5-8H2. The number of nitrogens with zero attached hydrogens (tertiary/aromatic N) is 1. The molecule has 0 radical (unpaired) electrons. The number of halogens is 3. The quantitative estimate of drug-likeness (QED) is 0.478. The summed E-state index contributed by atoms with van der Waals surface area (Å²) in [4.78, 5) is 2.40. The molecule has 0 fully saturated rings. The second kappa shape index (κ2) is 8.98. The second-order valence-corrected chi connectivity index (χ2v) is 7.77. The number of nitriles is 1. The zero-order chi connectivity index (χ0) is 15.9. The molecule has 0 aliphatic heterocycles. The first kappa shape index (κ1) is 17.9. The van der Waals surface area contributed by atoms with E-state index in [9.17, 15) is 0 Å². The summed E-state index contributed by atoms with van der Waals surface area (Å²) in [6, 6.07) is 14.1. The van der Waals surface area contributed by atoms with Crippen LogP contribution < -0.4 is 0 Å². The summed E-state index contributed by atoms with van der Waals surface area (Å²) < 4.78 is 0. The van der Waals surface area contributed by atoms with Crippen LogP contribution in [0.5, 0.6) is 0 Å². The van der Waals surface area contributed by atoms with Crippen molar-refractivity contribution < 1.29 is 0 Å². The molecule has 0 bridgehead atoms. The van der Waals surface area contributed by atoms with Crippen LogP contribution in [0.4, 0.5) is 0 Å². The monoisotopic (exact) mass is 457 g/mol. The lowest BCUT2D eigenvalue weighted by molar-refractivity contribution is 1.08. The highest BCUT2D eigenvalue weighted by Crippen LogP contribution is 2.35. The SMILES string of the molecule is N#Cc1ccc(Sc2ccc(Cl)cc2CCBr)c(CCBr)c1. The molecule has 0 unspecified atom stereocenters. The molecular weight excluding hydrogens is 446 g/mol.